The van der Waals surface area contributed by atoms with E-state index in [1.807, 2.05) is 0 Å². The van der Waals surface area contributed by atoms with Crippen molar-refractivity contribution in [2.24, 2.45) is 5.41 Å². The molecule has 0 aliphatic heterocycles. The number of hydrogen-bond acceptors (Lipinski definition) is 3. The number of aliphatic carboxylic acids is 1. The van der Waals surface area contributed by atoms with E-state index in [2.05, 4.69) is 10.1 Å². The predicted molar refractivity (Wildman–Crippen MR) is 66.0 cm³/mol. The van der Waals surface area contributed by atoms with Gasteiger partial charge in [-0.25, -0.2) is 0 Å². The second-order valence-corrected chi connectivity index (χ2v) is 4.77. The predicted octanol–water partition coefficient (Wildman–Crippen LogP) is 2.74. The highest BCUT2D eigenvalue weighted by molar-refractivity contribution is 6.32. The van der Waals surface area contributed by atoms with Crippen molar-refractivity contribution in [2.45, 2.75) is 19.5 Å². The fourth-order valence-electron chi connectivity index (χ4n) is 1.68. The molecule has 1 fully saturated rings. The van der Waals surface area contributed by atoms with E-state index in [9.17, 15) is 18.4 Å². The average molecular weight is 306 g/mol. The number of carboxylic acids is 1. The lowest BCUT2D eigenvalue weighted by molar-refractivity contribution is -0.147. The van der Waals surface area contributed by atoms with Crippen LogP contribution < -0.4 is 10.1 Å². The highest BCUT2D eigenvalue weighted by atomic mass is 35.5. The summed E-state index contributed by atoms with van der Waals surface area (Å²) in [6, 6.07) is 3.76. The van der Waals surface area contributed by atoms with Crippen LogP contribution in [0.5, 0.6) is 5.75 Å². The van der Waals surface area contributed by atoms with E-state index >= 15 is 0 Å². The number of ether oxygens (including phenoxy) is 1. The molecule has 1 aromatic rings. The van der Waals surface area contributed by atoms with Crippen molar-refractivity contribution in [3.63, 3.8) is 0 Å². The largest absolute Gasteiger partial charge is 0.480 e. The summed E-state index contributed by atoms with van der Waals surface area (Å²) >= 11 is 5.66. The second kappa shape index (κ2) is 5.24. The molecular formula is C12H10ClF2NO4. The highest BCUT2D eigenvalue weighted by Gasteiger charge is 2.57. The van der Waals surface area contributed by atoms with Crippen molar-refractivity contribution >= 4 is 29.2 Å². The number of hydrogen-bond donors (Lipinski definition) is 2. The summed E-state index contributed by atoms with van der Waals surface area (Å²) in [5.41, 5.74) is -1.27. The summed E-state index contributed by atoms with van der Waals surface area (Å²) in [6.45, 7) is -3.05. The van der Waals surface area contributed by atoms with Crippen LogP contribution in [0.25, 0.3) is 0 Å². The Morgan fingerprint density at radius 2 is 2.05 bits per heavy atom. The standard InChI is InChI=1S/C12H10ClF2NO4/c13-7-2-1-6(5-8(7)20-11(14)15)16-9(17)12(3-4-12)10(18)19/h1-2,5,11H,3-4H2,(H,16,17)(H,18,19). The number of halogens is 3. The van der Waals surface area contributed by atoms with Gasteiger partial charge in [0, 0.05) is 11.8 Å². The third kappa shape index (κ3) is 2.82. The number of benzene rings is 1. The van der Waals surface area contributed by atoms with Gasteiger partial charge in [0.25, 0.3) is 0 Å². The molecule has 1 amide bonds. The Labute approximate surface area is 117 Å². The number of alkyl halides is 2. The first-order valence-corrected chi connectivity index (χ1v) is 6.02. The maximum absolute atomic E-state index is 12.2. The van der Waals surface area contributed by atoms with Gasteiger partial charge < -0.3 is 15.2 Å². The van der Waals surface area contributed by atoms with Crippen LogP contribution in [0.15, 0.2) is 18.2 Å². The van der Waals surface area contributed by atoms with Crippen LogP contribution in [0.4, 0.5) is 14.5 Å². The number of nitrogens with one attached hydrogen (secondary N) is 1. The quantitative estimate of drug-likeness (QED) is 0.820. The van der Waals surface area contributed by atoms with Gasteiger partial charge in [0.05, 0.1) is 5.02 Å². The van der Waals surface area contributed by atoms with Gasteiger partial charge in [0.2, 0.25) is 5.91 Å². The Morgan fingerprint density at radius 1 is 1.40 bits per heavy atom. The third-order valence-electron chi connectivity index (χ3n) is 3.00. The number of carbonyl (C=O) groups is 2. The molecule has 0 spiro atoms. The van der Waals surface area contributed by atoms with E-state index < -0.39 is 23.9 Å². The number of carboxylic acid groups (broad SMARTS) is 1. The van der Waals surface area contributed by atoms with Crippen molar-refractivity contribution in [1.82, 2.24) is 0 Å². The highest BCUT2D eigenvalue weighted by Crippen LogP contribution is 2.47. The Hall–Kier alpha value is -1.89. The Balaban J connectivity index is 2.14. The summed E-state index contributed by atoms with van der Waals surface area (Å²) < 4.78 is 28.5. The molecule has 0 bridgehead atoms. The number of amides is 1. The van der Waals surface area contributed by atoms with Crippen LogP contribution in [0.1, 0.15) is 12.8 Å². The SMILES string of the molecule is O=C(O)C1(C(=O)Nc2ccc(Cl)c(OC(F)F)c2)CC1. The van der Waals surface area contributed by atoms with Crippen molar-refractivity contribution in [3.05, 3.63) is 23.2 Å². The zero-order valence-corrected chi connectivity index (χ0v) is 10.8. The minimum absolute atomic E-state index is 0.0392. The van der Waals surface area contributed by atoms with Crippen LogP contribution in [-0.4, -0.2) is 23.6 Å². The van der Waals surface area contributed by atoms with Gasteiger partial charge >= 0.3 is 12.6 Å². The van der Waals surface area contributed by atoms with Gasteiger partial charge in [0.1, 0.15) is 11.2 Å². The second-order valence-electron chi connectivity index (χ2n) is 4.37. The van der Waals surface area contributed by atoms with Gasteiger partial charge in [0.15, 0.2) is 0 Å². The number of carbonyl (C=O) groups excluding carboxylic acids is 1. The molecule has 0 saturated heterocycles. The number of anilines is 1. The van der Waals surface area contributed by atoms with Crippen LogP contribution >= 0.6 is 11.6 Å². The lowest BCUT2D eigenvalue weighted by Crippen LogP contribution is -2.31. The van der Waals surface area contributed by atoms with Gasteiger partial charge in [-0.3, -0.25) is 9.59 Å². The molecule has 2 rings (SSSR count). The monoisotopic (exact) mass is 305 g/mol. The van der Waals surface area contributed by atoms with Crippen LogP contribution in [0, 0.1) is 5.41 Å². The third-order valence-corrected chi connectivity index (χ3v) is 3.31. The van der Waals surface area contributed by atoms with E-state index in [0.717, 1.165) is 6.07 Å². The molecular weight excluding hydrogens is 296 g/mol. The molecule has 1 aliphatic carbocycles. The fourth-order valence-corrected chi connectivity index (χ4v) is 1.84. The van der Waals surface area contributed by atoms with E-state index in [0.29, 0.717) is 0 Å². The zero-order chi connectivity index (χ0) is 14.9. The summed E-state index contributed by atoms with van der Waals surface area (Å²) in [6.07, 6.45) is 0.504. The fraction of sp³-hybridized carbons (Fsp3) is 0.333. The summed E-state index contributed by atoms with van der Waals surface area (Å²) in [7, 11) is 0. The van der Waals surface area contributed by atoms with Crippen LogP contribution in [0.2, 0.25) is 5.02 Å². The van der Waals surface area contributed by atoms with E-state index in [-0.39, 0.29) is 29.3 Å². The molecule has 8 heteroatoms. The minimum atomic E-state index is -3.05. The topological polar surface area (TPSA) is 75.6 Å². The van der Waals surface area contributed by atoms with Crippen molar-refractivity contribution < 1.29 is 28.2 Å². The summed E-state index contributed by atoms with van der Waals surface area (Å²) in [4.78, 5) is 22.8. The molecule has 0 unspecified atom stereocenters. The zero-order valence-electron chi connectivity index (χ0n) is 10.0. The van der Waals surface area contributed by atoms with Gasteiger partial charge in [-0.05, 0) is 25.0 Å². The maximum atomic E-state index is 12.2. The normalized spacial score (nSPS) is 15.8. The first-order chi connectivity index (χ1) is 9.35. The molecule has 0 atom stereocenters. The first-order valence-electron chi connectivity index (χ1n) is 5.64. The molecule has 0 radical (unpaired) electrons. The Bertz CT molecular complexity index is 560. The molecule has 5 nitrogen and oxygen atoms in total. The first kappa shape index (κ1) is 14.5. The lowest BCUT2D eigenvalue weighted by Gasteiger charge is -2.12. The molecule has 1 aliphatic rings. The smallest absolute Gasteiger partial charge is 0.387 e. The number of rotatable bonds is 5. The van der Waals surface area contributed by atoms with Crippen molar-refractivity contribution in [3.8, 4) is 5.75 Å². The van der Waals surface area contributed by atoms with E-state index in [1.165, 1.54) is 12.1 Å². The lowest BCUT2D eigenvalue weighted by atomic mass is 10.1. The van der Waals surface area contributed by atoms with Crippen molar-refractivity contribution in [2.75, 3.05) is 5.32 Å². The molecule has 0 heterocycles. The maximum Gasteiger partial charge on any atom is 0.387 e. The van der Waals surface area contributed by atoms with E-state index in [4.69, 9.17) is 16.7 Å². The van der Waals surface area contributed by atoms with Gasteiger partial charge in [-0.2, -0.15) is 8.78 Å². The van der Waals surface area contributed by atoms with Gasteiger partial charge in [-0.15, -0.1) is 0 Å². The minimum Gasteiger partial charge on any atom is -0.480 e. The van der Waals surface area contributed by atoms with Gasteiger partial charge in [-0.1, -0.05) is 11.6 Å². The molecule has 108 valence electrons. The van der Waals surface area contributed by atoms with Crippen molar-refractivity contribution in [1.29, 1.82) is 0 Å². The average Bonchev–Trinajstić information content (AvgIpc) is 3.14. The Kier molecular flexibility index (Phi) is 3.80. The molecule has 1 saturated carbocycles. The summed E-state index contributed by atoms with van der Waals surface area (Å²) in [5.74, 6) is -2.18. The molecule has 1 aromatic carbocycles. The summed E-state index contributed by atoms with van der Waals surface area (Å²) in [5, 5.41) is 11.3. The molecule has 2 N–H and O–H groups in total. The van der Waals surface area contributed by atoms with E-state index in [1.54, 1.807) is 0 Å². The molecule has 0 aromatic heterocycles. The molecule has 20 heavy (non-hydrogen) atoms. The Morgan fingerprint density at radius 3 is 2.55 bits per heavy atom. The van der Waals surface area contributed by atoms with Crippen LogP contribution in [-0.2, 0) is 9.59 Å². The van der Waals surface area contributed by atoms with Crippen LogP contribution in [0.3, 0.4) is 0 Å².